The Hall–Kier alpha value is -1.88. The molecule has 1 fully saturated rings. The first-order chi connectivity index (χ1) is 12.5. The number of benzene rings is 1. The Balaban J connectivity index is 0.00000261. The molecule has 146 valence electrons. The first-order valence-electron chi connectivity index (χ1n) is 8.32. The Morgan fingerprint density at radius 1 is 1.33 bits per heavy atom. The van der Waals surface area contributed by atoms with Gasteiger partial charge in [-0.2, -0.15) is 4.98 Å². The van der Waals surface area contributed by atoms with Crippen molar-refractivity contribution < 1.29 is 9.32 Å². The number of rotatable bonds is 4. The molecule has 1 N–H and O–H groups in total. The summed E-state index contributed by atoms with van der Waals surface area (Å²) in [5, 5.41) is 7.70. The topological polar surface area (TPSA) is 86.9 Å². The molecule has 10 heteroatoms. The second-order valence-corrected chi connectivity index (χ2v) is 6.43. The van der Waals surface area contributed by atoms with E-state index in [2.05, 4.69) is 20.4 Å². The number of hydrogen-bond acceptors (Lipinski definition) is 5. The van der Waals surface area contributed by atoms with Gasteiger partial charge in [0.1, 0.15) is 0 Å². The highest BCUT2D eigenvalue weighted by Crippen LogP contribution is 2.13. The van der Waals surface area contributed by atoms with Crippen molar-refractivity contribution in [2.45, 2.75) is 20.0 Å². The third kappa shape index (κ3) is 5.80. The van der Waals surface area contributed by atoms with Gasteiger partial charge >= 0.3 is 0 Å². The van der Waals surface area contributed by atoms with Crippen molar-refractivity contribution in [1.29, 1.82) is 0 Å². The Bertz CT molecular complexity index is 795. The Morgan fingerprint density at radius 2 is 2.07 bits per heavy atom. The summed E-state index contributed by atoms with van der Waals surface area (Å²) in [4.78, 5) is 24.7. The van der Waals surface area contributed by atoms with Crippen molar-refractivity contribution in [3.05, 3.63) is 46.6 Å². The molecule has 2 heterocycles. The van der Waals surface area contributed by atoms with E-state index in [1.165, 1.54) is 0 Å². The van der Waals surface area contributed by atoms with E-state index in [-0.39, 0.29) is 36.4 Å². The minimum atomic E-state index is 0. The number of nitrogens with one attached hydrogen (secondary N) is 1. The third-order valence-electron chi connectivity index (χ3n) is 4.09. The highest BCUT2D eigenvalue weighted by atomic mass is 127. The standard InChI is InChI=1S/C17H21ClN6O2.HI/c1-12-21-15(22-26-12)9-20-17(19-2)24-8-7-23(16(25)11-24)10-13-3-5-14(18)6-4-13;/h3-6H,7-11H2,1-2H3,(H,19,20);1H. The molecule has 0 atom stereocenters. The average molecular weight is 505 g/mol. The molecule has 0 aliphatic carbocycles. The molecule has 0 spiro atoms. The summed E-state index contributed by atoms with van der Waals surface area (Å²) in [5.41, 5.74) is 1.06. The van der Waals surface area contributed by atoms with E-state index in [0.717, 1.165) is 5.56 Å². The van der Waals surface area contributed by atoms with Gasteiger partial charge in [-0.1, -0.05) is 28.9 Å². The molecule has 8 nitrogen and oxygen atoms in total. The van der Waals surface area contributed by atoms with Crippen molar-refractivity contribution in [3.8, 4) is 0 Å². The zero-order chi connectivity index (χ0) is 18.5. The fourth-order valence-corrected chi connectivity index (χ4v) is 2.90. The van der Waals surface area contributed by atoms with Crippen LogP contribution in [0.4, 0.5) is 0 Å². The molecule has 1 saturated heterocycles. The van der Waals surface area contributed by atoms with Crippen LogP contribution >= 0.6 is 35.6 Å². The molecule has 27 heavy (non-hydrogen) atoms. The molecule has 1 aromatic heterocycles. The van der Waals surface area contributed by atoms with Crippen LogP contribution in [0.1, 0.15) is 17.3 Å². The lowest BCUT2D eigenvalue weighted by Crippen LogP contribution is -2.54. The molecular formula is C17H22ClIN6O2. The van der Waals surface area contributed by atoms with E-state index in [9.17, 15) is 4.79 Å². The number of aliphatic imine (C=N–C) groups is 1. The molecule has 0 bridgehead atoms. The van der Waals surface area contributed by atoms with Crippen molar-refractivity contribution in [2.24, 2.45) is 4.99 Å². The van der Waals surface area contributed by atoms with E-state index < -0.39 is 0 Å². The van der Waals surface area contributed by atoms with Crippen LogP contribution in [0.2, 0.25) is 5.02 Å². The van der Waals surface area contributed by atoms with E-state index in [4.69, 9.17) is 16.1 Å². The lowest BCUT2D eigenvalue weighted by atomic mass is 10.2. The van der Waals surface area contributed by atoms with Gasteiger partial charge in [0, 0.05) is 38.6 Å². The van der Waals surface area contributed by atoms with Crippen LogP contribution in [-0.4, -0.2) is 58.5 Å². The van der Waals surface area contributed by atoms with Gasteiger partial charge in [0.15, 0.2) is 11.8 Å². The number of guanidine groups is 1. The van der Waals surface area contributed by atoms with E-state index >= 15 is 0 Å². The SMILES string of the molecule is CN=C(NCc1noc(C)n1)N1CCN(Cc2ccc(Cl)cc2)C(=O)C1.I. The zero-order valence-electron chi connectivity index (χ0n) is 15.2. The summed E-state index contributed by atoms with van der Waals surface area (Å²) in [6, 6.07) is 7.55. The van der Waals surface area contributed by atoms with Crippen molar-refractivity contribution in [3.63, 3.8) is 0 Å². The molecule has 3 rings (SSSR count). The third-order valence-corrected chi connectivity index (χ3v) is 4.34. The summed E-state index contributed by atoms with van der Waals surface area (Å²) < 4.78 is 4.95. The van der Waals surface area contributed by atoms with Crippen LogP contribution < -0.4 is 5.32 Å². The number of aryl methyl sites for hydroxylation is 1. The van der Waals surface area contributed by atoms with Gasteiger partial charge in [0.05, 0.1) is 13.1 Å². The monoisotopic (exact) mass is 504 g/mol. The van der Waals surface area contributed by atoms with Crippen LogP contribution in [0.3, 0.4) is 0 Å². The zero-order valence-corrected chi connectivity index (χ0v) is 18.3. The number of hydrogen-bond donors (Lipinski definition) is 1. The first-order valence-corrected chi connectivity index (χ1v) is 8.70. The molecule has 0 saturated carbocycles. The maximum atomic E-state index is 12.5. The predicted molar refractivity (Wildman–Crippen MR) is 113 cm³/mol. The molecule has 0 unspecified atom stereocenters. The lowest BCUT2D eigenvalue weighted by Gasteiger charge is -2.36. The number of carbonyl (C=O) groups excluding carboxylic acids is 1. The molecule has 1 amide bonds. The number of nitrogens with zero attached hydrogens (tertiary/aromatic N) is 5. The van der Waals surface area contributed by atoms with Gasteiger partial charge in [-0.25, -0.2) is 0 Å². The van der Waals surface area contributed by atoms with Gasteiger partial charge in [-0.15, -0.1) is 24.0 Å². The fraction of sp³-hybridized carbons (Fsp3) is 0.412. The summed E-state index contributed by atoms with van der Waals surface area (Å²) in [6.45, 7) is 4.32. The summed E-state index contributed by atoms with van der Waals surface area (Å²) in [7, 11) is 1.69. The van der Waals surface area contributed by atoms with Crippen molar-refractivity contribution in [1.82, 2.24) is 25.3 Å². The summed E-state index contributed by atoms with van der Waals surface area (Å²) >= 11 is 5.91. The largest absolute Gasteiger partial charge is 0.349 e. The first kappa shape index (κ1) is 21.4. The second-order valence-electron chi connectivity index (χ2n) is 5.99. The minimum Gasteiger partial charge on any atom is -0.349 e. The minimum absolute atomic E-state index is 0. The quantitative estimate of drug-likeness (QED) is 0.390. The van der Waals surface area contributed by atoms with Crippen LogP contribution in [0.25, 0.3) is 0 Å². The Labute approximate surface area is 180 Å². The van der Waals surface area contributed by atoms with E-state index in [0.29, 0.717) is 48.9 Å². The number of amides is 1. The number of aromatic nitrogens is 2. The summed E-state index contributed by atoms with van der Waals surface area (Å²) in [5.74, 6) is 1.77. The van der Waals surface area contributed by atoms with Crippen LogP contribution in [0, 0.1) is 6.92 Å². The fourth-order valence-electron chi connectivity index (χ4n) is 2.77. The molecule has 1 aliphatic heterocycles. The number of halogens is 2. The molecule has 1 aliphatic rings. The van der Waals surface area contributed by atoms with Crippen LogP contribution in [-0.2, 0) is 17.9 Å². The van der Waals surface area contributed by atoms with Gasteiger partial charge in [-0.05, 0) is 17.7 Å². The smallest absolute Gasteiger partial charge is 0.242 e. The second kappa shape index (κ2) is 9.88. The maximum absolute atomic E-state index is 12.5. The summed E-state index contributed by atoms with van der Waals surface area (Å²) in [6.07, 6.45) is 0. The van der Waals surface area contributed by atoms with Gasteiger partial charge < -0.3 is 19.6 Å². The van der Waals surface area contributed by atoms with Crippen molar-refractivity contribution in [2.75, 3.05) is 26.7 Å². The van der Waals surface area contributed by atoms with Crippen LogP contribution in [0.15, 0.2) is 33.8 Å². The normalized spacial score (nSPS) is 14.9. The van der Waals surface area contributed by atoms with Gasteiger partial charge in [-0.3, -0.25) is 9.79 Å². The predicted octanol–water partition coefficient (Wildman–Crippen LogP) is 2.07. The highest BCUT2D eigenvalue weighted by molar-refractivity contribution is 14.0. The Morgan fingerprint density at radius 3 is 2.67 bits per heavy atom. The molecule has 2 aromatic rings. The number of carbonyl (C=O) groups is 1. The highest BCUT2D eigenvalue weighted by Gasteiger charge is 2.26. The average Bonchev–Trinajstić information content (AvgIpc) is 3.05. The lowest BCUT2D eigenvalue weighted by molar-refractivity contribution is -0.135. The molecular weight excluding hydrogens is 483 g/mol. The maximum Gasteiger partial charge on any atom is 0.242 e. The van der Waals surface area contributed by atoms with Crippen LogP contribution in [0.5, 0.6) is 0 Å². The van der Waals surface area contributed by atoms with Crippen molar-refractivity contribution >= 4 is 47.4 Å². The van der Waals surface area contributed by atoms with E-state index in [1.54, 1.807) is 14.0 Å². The molecule has 1 aromatic carbocycles. The Kier molecular flexibility index (Phi) is 7.84. The van der Waals surface area contributed by atoms with Gasteiger partial charge in [0.2, 0.25) is 11.8 Å². The van der Waals surface area contributed by atoms with E-state index in [1.807, 2.05) is 34.1 Å². The van der Waals surface area contributed by atoms with Gasteiger partial charge in [0.25, 0.3) is 0 Å². The number of piperazine rings is 1. The molecule has 0 radical (unpaired) electrons.